The minimum Gasteiger partial charge on any atom is -0.349 e. The van der Waals surface area contributed by atoms with Gasteiger partial charge in [0.15, 0.2) is 0 Å². The van der Waals surface area contributed by atoms with Gasteiger partial charge in [-0.25, -0.2) is 0 Å². The molecule has 0 radical (unpaired) electrons. The Kier molecular flexibility index (Phi) is 4.00. The largest absolute Gasteiger partial charge is 0.349 e. The van der Waals surface area contributed by atoms with Crippen LogP contribution in [0.25, 0.3) is 10.2 Å². The van der Waals surface area contributed by atoms with Crippen molar-refractivity contribution in [2.24, 2.45) is 7.05 Å². The van der Waals surface area contributed by atoms with Gasteiger partial charge in [0, 0.05) is 24.8 Å². The number of halogens is 1. The maximum absolute atomic E-state index is 12.4. The van der Waals surface area contributed by atoms with Gasteiger partial charge in [0.1, 0.15) is 5.56 Å². The second-order valence-electron chi connectivity index (χ2n) is 4.93. The lowest BCUT2D eigenvalue weighted by molar-refractivity contribution is 0.0949. The topological polar surface area (TPSA) is 51.1 Å². The lowest BCUT2D eigenvalue weighted by Crippen LogP contribution is -2.29. The van der Waals surface area contributed by atoms with E-state index < -0.39 is 0 Å². The Morgan fingerprint density at radius 3 is 2.73 bits per heavy atom. The molecule has 0 aliphatic carbocycles. The van der Waals surface area contributed by atoms with Crippen LogP contribution in [0.1, 0.15) is 15.9 Å². The van der Waals surface area contributed by atoms with E-state index in [0.717, 1.165) is 11.1 Å². The Bertz CT molecular complexity index is 897. The van der Waals surface area contributed by atoms with Crippen LogP contribution in [0.15, 0.2) is 46.7 Å². The molecule has 0 aliphatic heterocycles. The molecule has 0 spiro atoms. The highest BCUT2D eigenvalue weighted by atomic mass is 35.5. The zero-order chi connectivity index (χ0) is 15.7. The SMILES string of the molecule is Cn1cc(C(=O)NCc2ccc(Cl)cc2)c(=O)c2sccc21. The van der Waals surface area contributed by atoms with Crippen molar-refractivity contribution in [2.75, 3.05) is 0 Å². The van der Waals surface area contributed by atoms with E-state index in [4.69, 9.17) is 11.6 Å². The fraction of sp³-hybridized carbons (Fsp3) is 0.125. The van der Waals surface area contributed by atoms with Crippen molar-refractivity contribution >= 4 is 39.1 Å². The van der Waals surface area contributed by atoms with Crippen LogP contribution in [-0.4, -0.2) is 10.5 Å². The standard InChI is InChI=1S/C16H13ClN2O2S/c1-19-9-12(14(20)15-13(19)6-7-22-15)16(21)18-8-10-2-4-11(17)5-3-10/h2-7,9H,8H2,1H3,(H,18,21). The van der Waals surface area contributed by atoms with Crippen LogP contribution in [0.3, 0.4) is 0 Å². The van der Waals surface area contributed by atoms with Crippen molar-refractivity contribution < 1.29 is 4.79 Å². The molecule has 0 saturated heterocycles. The monoisotopic (exact) mass is 332 g/mol. The number of carbonyl (C=O) groups excluding carboxylic acids is 1. The molecular formula is C16H13ClN2O2S. The summed E-state index contributed by atoms with van der Waals surface area (Å²) in [6.07, 6.45) is 1.58. The Balaban J connectivity index is 1.84. The number of rotatable bonds is 3. The maximum Gasteiger partial charge on any atom is 0.257 e. The van der Waals surface area contributed by atoms with E-state index in [1.165, 1.54) is 11.3 Å². The van der Waals surface area contributed by atoms with Crippen molar-refractivity contribution in [1.82, 2.24) is 9.88 Å². The first kappa shape index (κ1) is 14.8. The minimum atomic E-state index is -0.370. The molecule has 0 saturated carbocycles. The fourth-order valence-corrected chi connectivity index (χ4v) is 3.24. The minimum absolute atomic E-state index is 0.159. The molecule has 3 rings (SSSR count). The van der Waals surface area contributed by atoms with Gasteiger partial charge < -0.3 is 9.88 Å². The summed E-state index contributed by atoms with van der Waals surface area (Å²) in [4.78, 5) is 24.6. The molecule has 0 atom stereocenters. The number of nitrogens with zero attached hydrogens (tertiary/aromatic N) is 1. The first-order valence-electron chi connectivity index (χ1n) is 6.66. The van der Waals surface area contributed by atoms with Crippen LogP contribution in [0.2, 0.25) is 5.02 Å². The van der Waals surface area contributed by atoms with Crippen molar-refractivity contribution in [2.45, 2.75) is 6.54 Å². The molecule has 3 aromatic rings. The number of benzene rings is 1. The van der Waals surface area contributed by atoms with E-state index in [-0.39, 0.29) is 16.9 Å². The Morgan fingerprint density at radius 1 is 1.27 bits per heavy atom. The third-order valence-electron chi connectivity index (χ3n) is 3.41. The van der Waals surface area contributed by atoms with Gasteiger partial charge in [0.05, 0.1) is 10.2 Å². The van der Waals surface area contributed by atoms with Crippen molar-refractivity contribution in [3.63, 3.8) is 0 Å². The quantitative estimate of drug-likeness (QED) is 0.801. The molecule has 1 amide bonds. The lowest BCUT2D eigenvalue weighted by Gasteiger charge is -2.08. The summed E-state index contributed by atoms with van der Waals surface area (Å²) in [7, 11) is 1.82. The van der Waals surface area contributed by atoms with Crippen LogP contribution >= 0.6 is 22.9 Å². The number of pyridine rings is 1. The highest BCUT2D eigenvalue weighted by Gasteiger charge is 2.15. The zero-order valence-corrected chi connectivity index (χ0v) is 13.4. The summed E-state index contributed by atoms with van der Waals surface area (Å²) >= 11 is 7.17. The molecule has 0 unspecified atom stereocenters. The Morgan fingerprint density at radius 2 is 2.00 bits per heavy atom. The van der Waals surface area contributed by atoms with Crippen molar-refractivity contribution in [3.8, 4) is 0 Å². The third-order valence-corrected chi connectivity index (χ3v) is 4.56. The molecule has 0 fully saturated rings. The maximum atomic E-state index is 12.4. The van der Waals surface area contributed by atoms with E-state index in [1.54, 1.807) is 22.9 Å². The number of amides is 1. The Hall–Kier alpha value is -2.11. The van der Waals surface area contributed by atoms with Gasteiger partial charge in [-0.15, -0.1) is 11.3 Å². The lowest BCUT2D eigenvalue weighted by atomic mass is 10.2. The summed E-state index contributed by atoms with van der Waals surface area (Å²) in [6.45, 7) is 0.349. The predicted octanol–water partition coefficient (Wildman–Crippen LogP) is 3.18. The fourth-order valence-electron chi connectivity index (χ4n) is 2.24. The second-order valence-corrected chi connectivity index (χ2v) is 6.28. The number of hydrogen-bond donors (Lipinski definition) is 1. The van der Waals surface area contributed by atoms with Gasteiger partial charge in [-0.1, -0.05) is 23.7 Å². The molecule has 4 nitrogen and oxygen atoms in total. The average molecular weight is 333 g/mol. The molecule has 6 heteroatoms. The molecule has 22 heavy (non-hydrogen) atoms. The van der Waals surface area contributed by atoms with Crippen LogP contribution < -0.4 is 10.7 Å². The second kappa shape index (κ2) is 5.94. The summed E-state index contributed by atoms with van der Waals surface area (Å²) < 4.78 is 2.39. The van der Waals surface area contributed by atoms with Gasteiger partial charge in [-0.2, -0.15) is 0 Å². The average Bonchev–Trinajstić information content (AvgIpc) is 3.00. The number of aryl methyl sites for hydroxylation is 1. The van der Waals surface area contributed by atoms with E-state index in [0.29, 0.717) is 16.3 Å². The number of fused-ring (bicyclic) bond motifs is 1. The smallest absolute Gasteiger partial charge is 0.257 e. The van der Waals surface area contributed by atoms with Gasteiger partial charge >= 0.3 is 0 Å². The number of aromatic nitrogens is 1. The zero-order valence-electron chi connectivity index (χ0n) is 11.8. The molecular weight excluding hydrogens is 320 g/mol. The van der Waals surface area contributed by atoms with Crippen molar-refractivity contribution in [3.05, 3.63) is 68.3 Å². The molecule has 2 heterocycles. The van der Waals surface area contributed by atoms with E-state index >= 15 is 0 Å². The van der Waals surface area contributed by atoms with Gasteiger partial charge in [0.25, 0.3) is 5.91 Å². The van der Waals surface area contributed by atoms with Crippen LogP contribution in [0, 0.1) is 0 Å². The number of carbonyl (C=O) groups is 1. The first-order valence-corrected chi connectivity index (χ1v) is 7.91. The van der Waals surface area contributed by atoms with E-state index in [1.807, 2.05) is 30.6 Å². The summed E-state index contributed by atoms with van der Waals surface area (Å²) in [6, 6.07) is 9.07. The van der Waals surface area contributed by atoms with Crippen molar-refractivity contribution in [1.29, 1.82) is 0 Å². The van der Waals surface area contributed by atoms with E-state index in [2.05, 4.69) is 5.32 Å². The highest BCUT2D eigenvalue weighted by Crippen LogP contribution is 2.17. The highest BCUT2D eigenvalue weighted by molar-refractivity contribution is 7.17. The summed E-state index contributed by atoms with van der Waals surface area (Å²) in [5.74, 6) is -0.370. The predicted molar refractivity (Wildman–Crippen MR) is 89.7 cm³/mol. The van der Waals surface area contributed by atoms with Crippen LogP contribution in [0.5, 0.6) is 0 Å². The van der Waals surface area contributed by atoms with Crippen LogP contribution in [0.4, 0.5) is 0 Å². The van der Waals surface area contributed by atoms with Gasteiger partial charge in [0.2, 0.25) is 5.43 Å². The van der Waals surface area contributed by atoms with Gasteiger partial charge in [-0.3, -0.25) is 9.59 Å². The van der Waals surface area contributed by atoms with E-state index in [9.17, 15) is 9.59 Å². The van der Waals surface area contributed by atoms with Gasteiger partial charge in [-0.05, 0) is 29.1 Å². The molecule has 0 bridgehead atoms. The third kappa shape index (κ3) is 2.77. The summed E-state index contributed by atoms with van der Waals surface area (Å²) in [5, 5.41) is 5.26. The first-order chi connectivity index (χ1) is 10.6. The Labute approximate surface area is 136 Å². The molecule has 1 aromatic carbocycles. The summed E-state index contributed by atoms with van der Waals surface area (Å²) in [5.41, 5.74) is 1.69. The number of thiophene rings is 1. The molecule has 0 aliphatic rings. The normalized spacial score (nSPS) is 10.8. The van der Waals surface area contributed by atoms with Crippen LogP contribution in [-0.2, 0) is 13.6 Å². The molecule has 112 valence electrons. The molecule has 2 aromatic heterocycles. The number of nitrogens with one attached hydrogen (secondary N) is 1. The molecule has 1 N–H and O–H groups in total. The number of hydrogen-bond acceptors (Lipinski definition) is 3.